The number of hydrogen-bond donors (Lipinski definition) is 0. The highest BCUT2D eigenvalue weighted by atomic mass is 16.5. The summed E-state index contributed by atoms with van der Waals surface area (Å²) in [7, 11) is 0. The Labute approximate surface area is 384 Å². The van der Waals surface area contributed by atoms with Crippen LogP contribution < -0.4 is 9.30 Å². The number of pyridine rings is 1. The quantitative estimate of drug-likeness (QED) is 0.119. The van der Waals surface area contributed by atoms with Crippen molar-refractivity contribution in [3.8, 4) is 50.9 Å². The summed E-state index contributed by atoms with van der Waals surface area (Å²) < 4.78 is 106. The number of hydrogen-bond acceptors (Lipinski definition) is 3. The lowest BCUT2D eigenvalue weighted by atomic mass is 9.88. The van der Waals surface area contributed by atoms with Crippen molar-refractivity contribution in [3.63, 3.8) is 0 Å². The van der Waals surface area contributed by atoms with Crippen molar-refractivity contribution >= 4 is 54.8 Å². The second-order valence-corrected chi connectivity index (χ2v) is 16.7. The number of aromatic nitrogens is 4. The molecule has 0 unspecified atom stereocenters. The molecule has 4 aromatic heterocycles. The third-order valence-corrected chi connectivity index (χ3v) is 11.8. The monoisotopic (exact) mass is 836 g/mol. The zero-order valence-electron chi connectivity index (χ0n) is 44.9. The van der Waals surface area contributed by atoms with Gasteiger partial charge in [0.1, 0.15) is 28.5 Å². The molecular formula is C58H42N4O2. The Kier molecular flexibility index (Phi) is 6.53. The van der Waals surface area contributed by atoms with Gasteiger partial charge in [0, 0.05) is 33.8 Å². The second kappa shape index (κ2) is 14.7. The maximum atomic E-state index is 9.04. The molecule has 8 aromatic carbocycles. The minimum atomic E-state index is -0.570. The Hall–Kier alpha value is -8.22. The minimum absolute atomic E-state index is 0.133. The number of benzene rings is 8. The van der Waals surface area contributed by atoms with Gasteiger partial charge in [-0.1, -0.05) is 148 Å². The largest absolute Gasteiger partial charge is 0.458 e. The smallest absolute Gasteiger partial charge is 0.269 e. The number of ether oxygens (including phenoxy) is 1. The summed E-state index contributed by atoms with van der Waals surface area (Å²) in [5.41, 5.74) is 6.47. The Morgan fingerprint density at radius 1 is 0.594 bits per heavy atom. The van der Waals surface area contributed by atoms with Gasteiger partial charge in [0.05, 0.1) is 47.1 Å². The van der Waals surface area contributed by atoms with Crippen molar-refractivity contribution in [1.82, 2.24) is 14.1 Å². The van der Waals surface area contributed by atoms with Gasteiger partial charge in [-0.2, -0.15) is 0 Å². The van der Waals surface area contributed by atoms with Crippen molar-refractivity contribution in [1.29, 1.82) is 0 Å². The normalized spacial score (nSPS) is 14.2. The molecule has 0 radical (unpaired) electrons. The van der Waals surface area contributed by atoms with E-state index in [0.29, 0.717) is 28.2 Å². The van der Waals surface area contributed by atoms with Crippen LogP contribution in [0.5, 0.6) is 11.5 Å². The molecule has 0 bridgehead atoms. The van der Waals surface area contributed by atoms with Crippen LogP contribution in [0.3, 0.4) is 0 Å². The third kappa shape index (κ3) is 6.25. The van der Waals surface area contributed by atoms with Gasteiger partial charge in [-0.05, 0) is 93.9 Å². The van der Waals surface area contributed by atoms with E-state index in [-0.39, 0.29) is 33.4 Å². The molecule has 0 aliphatic heterocycles. The summed E-state index contributed by atoms with van der Waals surface area (Å²) in [5.74, 6) is 1.82. The highest BCUT2D eigenvalue weighted by molar-refractivity contribution is 6.17. The average molecular weight is 837 g/mol. The van der Waals surface area contributed by atoms with E-state index in [9.17, 15) is 0 Å². The van der Waals surface area contributed by atoms with Crippen molar-refractivity contribution in [2.45, 2.75) is 26.2 Å². The molecule has 12 rings (SSSR count). The molecule has 0 saturated carbocycles. The van der Waals surface area contributed by atoms with E-state index in [1.165, 1.54) is 0 Å². The third-order valence-electron chi connectivity index (χ3n) is 11.8. The lowest BCUT2D eigenvalue weighted by Crippen LogP contribution is -2.31. The number of imidazole rings is 1. The lowest BCUT2D eigenvalue weighted by Gasteiger charge is -2.20. The molecular weight excluding hydrogens is 785 g/mol. The zero-order valence-corrected chi connectivity index (χ0v) is 34.9. The Morgan fingerprint density at radius 2 is 1.30 bits per heavy atom. The molecule has 0 N–H and O–H groups in total. The molecule has 12 aromatic rings. The first-order valence-corrected chi connectivity index (χ1v) is 20.9. The molecule has 306 valence electrons. The minimum Gasteiger partial charge on any atom is -0.458 e. The van der Waals surface area contributed by atoms with E-state index < -0.39 is 60.4 Å². The zero-order chi connectivity index (χ0) is 51.6. The number of furan rings is 1. The van der Waals surface area contributed by atoms with Crippen molar-refractivity contribution in [2.24, 2.45) is 0 Å². The van der Waals surface area contributed by atoms with Crippen LogP contribution >= 0.6 is 0 Å². The van der Waals surface area contributed by atoms with Crippen molar-refractivity contribution in [3.05, 3.63) is 212 Å². The fourth-order valence-electron chi connectivity index (χ4n) is 8.73. The molecule has 0 aliphatic rings. The number of para-hydroxylation sites is 4. The van der Waals surface area contributed by atoms with Crippen LogP contribution in [-0.2, 0) is 5.41 Å². The van der Waals surface area contributed by atoms with Crippen LogP contribution in [0.15, 0.2) is 204 Å². The molecule has 4 heterocycles. The molecule has 6 heteroatoms. The van der Waals surface area contributed by atoms with Gasteiger partial charge in [-0.3, -0.25) is 13.7 Å². The molecule has 6 nitrogen and oxygen atoms in total. The van der Waals surface area contributed by atoms with E-state index >= 15 is 0 Å². The number of nitrogens with zero attached hydrogens (tertiary/aromatic N) is 4. The van der Waals surface area contributed by atoms with E-state index in [1.807, 2.05) is 97.2 Å². The molecule has 0 amide bonds. The van der Waals surface area contributed by atoms with Crippen LogP contribution in [0.2, 0.25) is 0 Å². The summed E-state index contributed by atoms with van der Waals surface area (Å²) >= 11 is 0. The van der Waals surface area contributed by atoms with Crippen LogP contribution in [-0.4, -0.2) is 14.1 Å². The highest BCUT2D eigenvalue weighted by Gasteiger charge is 2.22. The van der Waals surface area contributed by atoms with E-state index in [4.69, 9.17) is 27.8 Å². The molecule has 0 aliphatic carbocycles. The fourth-order valence-corrected chi connectivity index (χ4v) is 8.73. The summed E-state index contributed by atoms with van der Waals surface area (Å²) in [6.45, 7) is 6.54. The summed E-state index contributed by atoms with van der Waals surface area (Å²) in [4.78, 5) is 4.92. The standard InChI is InChI=1S/C58H42N4O2/c1-58(2,3)40-30-31-59-56(32-40)62-52-34-43(28-29-46(52)48-36-55-49(35-53(48)62)47-22-10-13-27-54(47)64-55)63-42-21-14-20-41(33-42)60-37-61(51-26-12-11-25-50(51)60)57-44(38-16-6-4-7-17-38)23-15-24-45(57)39-18-8-5-9-19-39/h4-36H,1-3H3/i4D,5D,6D,7D,8D,9D,16D,17D,18D,19D. The van der Waals surface area contributed by atoms with Gasteiger partial charge < -0.3 is 9.15 Å². The Balaban J connectivity index is 1.03. The predicted molar refractivity (Wildman–Crippen MR) is 259 cm³/mol. The maximum Gasteiger partial charge on any atom is 0.269 e. The summed E-state index contributed by atoms with van der Waals surface area (Å²) in [6, 6.07) is 36.8. The topological polar surface area (TPSA) is 49.0 Å². The maximum absolute atomic E-state index is 9.04. The SMILES string of the molecule is [2H]c1c([2H])c([2H])c(-c2cccc(-c3c([2H])c([2H])c([2H])c([2H])c3[2H])c2-[n+]2[c-]n(-c3cccc(Oc4ccc5c6cc7oc8ccccc8c7cc6n(-c6cc(C(C)(C)C)ccn6)c5c4)c3)c3ccccc32)c([2H])c1[2H]. The average Bonchev–Trinajstić information content (AvgIpc) is 4.09. The first-order chi connectivity index (χ1) is 35.5. The fraction of sp³-hybridized carbons (Fsp3) is 0.0690. The van der Waals surface area contributed by atoms with Crippen LogP contribution in [0, 0.1) is 6.33 Å². The van der Waals surface area contributed by atoms with E-state index in [0.717, 1.165) is 55.1 Å². The van der Waals surface area contributed by atoms with Gasteiger partial charge in [-0.25, -0.2) is 4.98 Å². The summed E-state index contributed by atoms with van der Waals surface area (Å²) in [6.07, 6.45) is 5.30. The molecule has 0 atom stereocenters. The van der Waals surface area contributed by atoms with Gasteiger partial charge >= 0.3 is 0 Å². The highest BCUT2D eigenvalue weighted by Crippen LogP contribution is 2.41. The van der Waals surface area contributed by atoms with Crippen LogP contribution in [0.1, 0.15) is 40.0 Å². The Bertz CT molecular complexity index is 4220. The number of rotatable bonds is 7. The van der Waals surface area contributed by atoms with Gasteiger partial charge in [0.15, 0.2) is 0 Å². The van der Waals surface area contributed by atoms with Gasteiger partial charge in [0.25, 0.3) is 6.33 Å². The first-order valence-electron chi connectivity index (χ1n) is 25.9. The molecule has 0 spiro atoms. The van der Waals surface area contributed by atoms with Gasteiger partial charge in [0.2, 0.25) is 0 Å². The predicted octanol–water partition coefficient (Wildman–Crippen LogP) is 14.5. The van der Waals surface area contributed by atoms with Crippen molar-refractivity contribution < 1.29 is 27.4 Å². The number of fused-ring (bicyclic) bond motifs is 7. The Morgan fingerprint density at radius 3 is 2.08 bits per heavy atom. The molecule has 0 fully saturated rings. The first kappa shape index (κ1) is 28.4. The molecule has 0 saturated heterocycles. The van der Waals surface area contributed by atoms with Crippen LogP contribution in [0.25, 0.3) is 94.2 Å². The van der Waals surface area contributed by atoms with Crippen molar-refractivity contribution in [2.75, 3.05) is 0 Å². The van der Waals surface area contributed by atoms with E-state index in [2.05, 4.69) is 55.9 Å². The van der Waals surface area contributed by atoms with Gasteiger partial charge in [-0.15, -0.1) is 0 Å². The summed E-state index contributed by atoms with van der Waals surface area (Å²) in [5, 5.41) is 3.99. The van der Waals surface area contributed by atoms with Crippen LogP contribution in [0.4, 0.5) is 0 Å². The second-order valence-electron chi connectivity index (χ2n) is 16.7. The lowest BCUT2D eigenvalue weighted by molar-refractivity contribution is -0.571. The molecule has 64 heavy (non-hydrogen) atoms. The van der Waals surface area contributed by atoms with E-state index in [1.54, 1.807) is 27.3 Å².